The average Bonchev–Trinajstić information content (AvgIpc) is 2.27. The summed E-state index contributed by atoms with van der Waals surface area (Å²) >= 11 is 0. The molecule has 1 atom stereocenters. The number of hydrogen-bond donors (Lipinski definition) is 2. The van der Waals surface area contributed by atoms with Gasteiger partial charge in [0.1, 0.15) is 6.04 Å². The first kappa shape index (κ1) is 13.4. The van der Waals surface area contributed by atoms with Gasteiger partial charge in [-0.1, -0.05) is 0 Å². The Bertz CT molecular complexity index is 422. The molecule has 6 heteroatoms. The van der Waals surface area contributed by atoms with E-state index in [0.29, 0.717) is 5.56 Å². The number of carboxylic acid groups (broad SMARTS) is 1. The van der Waals surface area contributed by atoms with Gasteiger partial charge in [-0.2, -0.15) is 0 Å². The van der Waals surface area contributed by atoms with Crippen LogP contribution in [0.3, 0.4) is 0 Å². The molecule has 0 aliphatic rings. The lowest BCUT2D eigenvalue weighted by Gasteiger charge is -2.14. The summed E-state index contributed by atoms with van der Waals surface area (Å²) in [6.45, 7) is 0.167. The number of nitrogens with two attached hydrogens (primary N) is 1. The number of carbonyl (C=O) groups is 1. The Balaban J connectivity index is 3.28. The van der Waals surface area contributed by atoms with Gasteiger partial charge in [0.05, 0.1) is 13.7 Å². The molecule has 5 nitrogen and oxygen atoms in total. The molecule has 0 bridgehead atoms. The lowest BCUT2D eigenvalue weighted by molar-refractivity contribution is -0.138. The van der Waals surface area contributed by atoms with Crippen LogP contribution in [-0.2, 0) is 16.1 Å². The molecule has 0 fully saturated rings. The van der Waals surface area contributed by atoms with E-state index in [0.717, 1.165) is 0 Å². The van der Waals surface area contributed by atoms with Crippen LogP contribution < -0.4 is 10.5 Å². The van der Waals surface area contributed by atoms with Gasteiger partial charge in [0, 0.05) is 12.7 Å². The molecule has 0 saturated carbocycles. The molecule has 1 unspecified atom stereocenters. The van der Waals surface area contributed by atoms with E-state index in [1.165, 1.54) is 26.4 Å². The summed E-state index contributed by atoms with van der Waals surface area (Å²) in [7, 11) is 2.71. The highest BCUT2D eigenvalue weighted by molar-refractivity contribution is 5.76. The monoisotopic (exact) mass is 243 g/mol. The summed E-state index contributed by atoms with van der Waals surface area (Å²) in [5, 5.41) is 8.83. The second-order valence-corrected chi connectivity index (χ2v) is 3.45. The van der Waals surface area contributed by atoms with Crippen LogP contribution in [0.1, 0.15) is 17.2 Å². The van der Waals surface area contributed by atoms with Crippen LogP contribution in [0.25, 0.3) is 0 Å². The van der Waals surface area contributed by atoms with Crippen molar-refractivity contribution in [2.45, 2.75) is 12.6 Å². The fraction of sp³-hybridized carbons (Fsp3) is 0.364. The van der Waals surface area contributed by atoms with E-state index in [1.54, 1.807) is 0 Å². The van der Waals surface area contributed by atoms with E-state index in [2.05, 4.69) is 0 Å². The summed E-state index contributed by atoms with van der Waals surface area (Å²) in [5.41, 5.74) is 6.05. The average molecular weight is 243 g/mol. The maximum Gasteiger partial charge on any atom is 0.325 e. The number of aliphatic carboxylic acids is 1. The minimum Gasteiger partial charge on any atom is -0.493 e. The fourth-order valence-corrected chi connectivity index (χ4v) is 1.50. The first-order chi connectivity index (χ1) is 8.01. The SMILES string of the molecule is COCc1cc(F)c(OC)c(C(N)C(=O)O)c1. The Kier molecular flexibility index (Phi) is 4.42. The Hall–Kier alpha value is -1.66. The lowest BCUT2D eigenvalue weighted by Crippen LogP contribution is -2.22. The zero-order valence-electron chi connectivity index (χ0n) is 9.57. The molecule has 0 spiro atoms. The third kappa shape index (κ3) is 2.92. The van der Waals surface area contributed by atoms with Gasteiger partial charge in [-0.15, -0.1) is 0 Å². The topological polar surface area (TPSA) is 81.8 Å². The van der Waals surface area contributed by atoms with E-state index >= 15 is 0 Å². The van der Waals surface area contributed by atoms with Crippen molar-refractivity contribution in [3.05, 3.63) is 29.1 Å². The molecule has 0 aliphatic heterocycles. The number of hydrogen-bond acceptors (Lipinski definition) is 4. The van der Waals surface area contributed by atoms with Crippen LogP contribution in [0.5, 0.6) is 5.75 Å². The standard InChI is InChI=1S/C11H14FNO4/c1-16-5-6-3-7(9(13)11(14)15)10(17-2)8(12)4-6/h3-4,9H,5,13H2,1-2H3,(H,14,15). The van der Waals surface area contributed by atoms with Crippen molar-refractivity contribution in [1.29, 1.82) is 0 Å². The Morgan fingerprint density at radius 2 is 2.18 bits per heavy atom. The van der Waals surface area contributed by atoms with Gasteiger partial charge in [0.15, 0.2) is 11.6 Å². The number of ether oxygens (including phenoxy) is 2. The molecular formula is C11H14FNO4. The van der Waals surface area contributed by atoms with E-state index in [9.17, 15) is 9.18 Å². The lowest BCUT2D eigenvalue weighted by atomic mass is 10.0. The van der Waals surface area contributed by atoms with Crippen molar-refractivity contribution < 1.29 is 23.8 Å². The first-order valence-corrected chi connectivity index (χ1v) is 4.84. The number of carboxylic acids is 1. The molecular weight excluding hydrogens is 229 g/mol. The van der Waals surface area contributed by atoms with Gasteiger partial charge < -0.3 is 20.3 Å². The number of halogens is 1. The molecule has 0 saturated heterocycles. The van der Waals surface area contributed by atoms with Gasteiger partial charge in [0.2, 0.25) is 0 Å². The van der Waals surface area contributed by atoms with Crippen molar-refractivity contribution in [2.75, 3.05) is 14.2 Å². The van der Waals surface area contributed by atoms with E-state index < -0.39 is 17.8 Å². The molecule has 94 valence electrons. The van der Waals surface area contributed by atoms with Crippen molar-refractivity contribution in [1.82, 2.24) is 0 Å². The summed E-state index contributed by atoms with van der Waals surface area (Å²) in [6.07, 6.45) is 0. The van der Waals surface area contributed by atoms with Gasteiger partial charge in [-0.05, 0) is 17.7 Å². The van der Waals surface area contributed by atoms with E-state index in [4.69, 9.17) is 20.3 Å². The minimum atomic E-state index is -1.34. The maximum atomic E-state index is 13.6. The summed E-state index contributed by atoms with van der Waals surface area (Å²) in [4.78, 5) is 10.8. The maximum absolute atomic E-state index is 13.6. The highest BCUT2D eigenvalue weighted by Crippen LogP contribution is 2.29. The van der Waals surface area contributed by atoms with Crippen molar-refractivity contribution in [3.63, 3.8) is 0 Å². The number of methoxy groups -OCH3 is 2. The van der Waals surface area contributed by atoms with Crippen LogP contribution in [0.15, 0.2) is 12.1 Å². The quantitative estimate of drug-likeness (QED) is 0.808. The van der Waals surface area contributed by atoms with Gasteiger partial charge in [-0.3, -0.25) is 4.79 Å². The van der Waals surface area contributed by atoms with Crippen LogP contribution >= 0.6 is 0 Å². The summed E-state index contributed by atoms with van der Waals surface area (Å²) in [5.74, 6) is -2.06. The Labute approximate surface area is 97.9 Å². The molecule has 3 N–H and O–H groups in total. The molecule has 0 radical (unpaired) electrons. The van der Waals surface area contributed by atoms with Crippen molar-refractivity contribution in [2.24, 2.45) is 5.73 Å². The summed E-state index contributed by atoms with van der Waals surface area (Å²) in [6, 6.07) is 1.35. The Morgan fingerprint density at radius 1 is 1.53 bits per heavy atom. The van der Waals surface area contributed by atoms with Crippen LogP contribution in [0, 0.1) is 5.82 Å². The number of benzene rings is 1. The van der Waals surface area contributed by atoms with Crippen LogP contribution in [-0.4, -0.2) is 25.3 Å². The second kappa shape index (κ2) is 5.60. The fourth-order valence-electron chi connectivity index (χ4n) is 1.50. The molecule has 1 aromatic rings. The molecule has 0 amide bonds. The molecule has 1 aromatic carbocycles. The van der Waals surface area contributed by atoms with E-state index in [1.807, 2.05) is 0 Å². The zero-order chi connectivity index (χ0) is 13.0. The Morgan fingerprint density at radius 3 is 2.65 bits per heavy atom. The predicted molar refractivity (Wildman–Crippen MR) is 58.2 cm³/mol. The van der Waals surface area contributed by atoms with Crippen LogP contribution in [0.2, 0.25) is 0 Å². The molecule has 0 heterocycles. The van der Waals surface area contributed by atoms with Crippen LogP contribution in [0.4, 0.5) is 4.39 Å². The number of rotatable bonds is 5. The molecule has 1 rings (SSSR count). The normalized spacial score (nSPS) is 12.2. The highest BCUT2D eigenvalue weighted by atomic mass is 19.1. The van der Waals surface area contributed by atoms with Crippen molar-refractivity contribution in [3.8, 4) is 5.75 Å². The molecule has 0 aromatic heterocycles. The third-order valence-corrected chi connectivity index (χ3v) is 2.25. The van der Waals surface area contributed by atoms with Gasteiger partial charge >= 0.3 is 5.97 Å². The first-order valence-electron chi connectivity index (χ1n) is 4.84. The largest absolute Gasteiger partial charge is 0.493 e. The van der Waals surface area contributed by atoms with Crippen molar-refractivity contribution >= 4 is 5.97 Å². The van der Waals surface area contributed by atoms with Gasteiger partial charge in [0.25, 0.3) is 0 Å². The molecule has 17 heavy (non-hydrogen) atoms. The third-order valence-electron chi connectivity index (χ3n) is 2.25. The smallest absolute Gasteiger partial charge is 0.325 e. The second-order valence-electron chi connectivity index (χ2n) is 3.45. The van der Waals surface area contributed by atoms with E-state index in [-0.39, 0.29) is 17.9 Å². The minimum absolute atomic E-state index is 0.0899. The molecule has 0 aliphatic carbocycles. The zero-order valence-corrected chi connectivity index (χ0v) is 9.57. The summed E-state index contributed by atoms with van der Waals surface area (Å²) < 4.78 is 23.3. The highest BCUT2D eigenvalue weighted by Gasteiger charge is 2.22. The van der Waals surface area contributed by atoms with Gasteiger partial charge in [-0.25, -0.2) is 4.39 Å². The predicted octanol–water partition coefficient (Wildman–Crippen LogP) is 1.07.